The highest BCUT2D eigenvalue weighted by atomic mass is 31.2. The Bertz CT molecular complexity index is 2140. The lowest BCUT2D eigenvalue weighted by molar-refractivity contribution is -0.103. The number of carbonyl (C=O) groups is 2. The highest BCUT2D eigenvalue weighted by Gasteiger charge is 2.51. The molecule has 3 aliphatic heterocycles. The van der Waals surface area contributed by atoms with Crippen LogP contribution in [0.5, 0.6) is 11.5 Å². The molecule has 0 bridgehead atoms. The van der Waals surface area contributed by atoms with Crippen LogP contribution >= 0.6 is 8.53 Å². The number of nitrogens with one attached hydrogen (secondary N) is 3. The van der Waals surface area contributed by atoms with Crippen LogP contribution < -0.4 is 25.4 Å². The summed E-state index contributed by atoms with van der Waals surface area (Å²) in [5.74, 6) is 1.07. The Labute approximate surface area is 370 Å². The van der Waals surface area contributed by atoms with Crippen LogP contribution in [0.25, 0.3) is 4.85 Å². The van der Waals surface area contributed by atoms with Gasteiger partial charge < -0.3 is 53.7 Å². The Hall–Kier alpha value is -5.59. The van der Waals surface area contributed by atoms with Crippen LogP contribution in [0.3, 0.4) is 0 Å². The fourth-order valence-corrected chi connectivity index (χ4v) is 10.1. The van der Waals surface area contributed by atoms with Crippen molar-refractivity contribution in [3.63, 3.8) is 0 Å². The number of amides is 3. The molecule has 7 unspecified atom stereocenters. The van der Waals surface area contributed by atoms with Gasteiger partial charge in [-0.15, -0.1) is 0 Å². The van der Waals surface area contributed by atoms with Crippen LogP contribution in [-0.2, 0) is 24.1 Å². The largest absolute Gasteiger partial charge is 0.497 e. The Morgan fingerprint density at radius 1 is 0.905 bits per heavy atom. The van der Waals surface area contributed by atoms with Gasteiger partial charge in [0.15, 0.2) is 0 Å². The highest BCUT2D eigenvalue weighted by molar-refractivity contribution is 7.44. The van der Waals surface area contributed by atoms with E-state index in [1.807, 2.05) is 89.8 Å². The quantitative estimate of drug-likeness (QED) is 0.0393. The maximum Gasteiger partial charge on any atom is 0.318 e. The standard InChI is InChI=1S/C47H56N7O8P/c1-31(2)54(32(3)4)63(60-27-26-48-5)62-39-28-41(53-30-49-42-43(51-46(56)52-44(42)53)50-45(55)33-14-10-8-11-15-33)61-40(39)29-59-47(34-16-12-9-13-17-34,35-18-22-37(57-6)23-19-35)36-20-24-38(58-7)25-21-36/h8-25,30-32,39-44H,26-29H2,1-4,6-7H3,(H,50,55)(H2,51,52,56). The van der Waals surface area contributed by atoms with Crippen molar-refractivity contribution in [2.45, 2.75) is 88.6 Å². The molecular formula is C47H56N7O8P. The van der Waals surface area contributed by atoms with E-state index < -0.39 is 57.0 Å². The zero-order chi connectivity index (χ0) is 44.5. The molecule has 4 aromatic carbocycles. The van der Waals surface area contributed by atoms with E-state index in [1.165, 1.54) is 0 Å². The van der Waals surface area contributed by atoms with Gasteiger partial charge in [0.25, 0.3) is 14.4 Å². The Morgan fingerprint density at radius 3 is 2.06 bits per heavy atom. The summed E-state index contributed by atoms with van der Waals surface area (Å²) in [6.07, 6.45) is -1.29. The molecule has 0 radical (unpaired) electrons. The number of fused-ring (bicyclic) bond motifs is 1. The SMILES string of the molecule is [C-]#[N+]CCOP(OC1CC(N2C=NC3C(NC(=O)c4ccccc4)NC(=O)NC32)OC1COC(c1ccccc1)(c1ccc(OC)cc1)c1ccc(OC)cc1)N(C(C)C)C(C)C. The Kier molecular flexibility index (Phi) is 14.9. The van der Waals surface area contributed by atoms with Gasteiger partial charge in [-0.2, -0.15) is 0 Å². The normalized spacial score (nSPS) is 22.3. The van der Waals surface area contributed by atoms with Crippen LogP contribution in [0.15, 0.2) is 114 Å². The first kappa shape index (κ1) is 45.4. The van der Waals surface area contributed by atoms with Gasteiger partial charge in [0.05, 0.1) is 33.3 Å². The van der Waals surface area contributed by atoms with Crippen molar-refractivity contribution in [1.82, 2.24) is 25.5 Å². The average Bonchev–Trinajstić information content (AvgIpc) is 3.91. The molecule has 7 rings (SSSR count). The lowest BCUT2D eigenvalue weighted by atomic mass is 9.80. The number of aliphatic imine (C=N–C) groups is 1. The molecule has 3 aliphatic rings. The summed E-state index contributed by atoms with van der Waals surface area (Å²) in [4.78, 5) is 36.7. The van der Waals surface area contributed by atoms with E-state index in [9.17, 15) is 9.59 Å². The highest BCUT2D eigenvalue weighted by Crippen LogP contribution is 2.50. The maximum atomic E-state index is 13.3. The molecule has 15 nitrogen and oxygen atoms in total. The maximum absolute atomic E-state index is 13.3. The lowest BCUT2D eigenvalue weighted by Crippen LogP contribution is -2.70. The lowest BCUT2D eigenvalue weighted by Gasteiger charge is -2.39. The minimum absolute atomic E-state index is 0.0610. The fourth-order valence-electron chi connectivity index (χ4n) is 8.34. The molecule has 3 N–H and O–H groups in total. The first-order valence-corrected chi connectivity index (χ1v) is 22.3. The molecule has 2 saturated heterocycles. The van der Waals surface area contributed by atoms with Gasteiger partial charge in [0.2, 0.25) is 6.54 Å². The predicted molar refractivity (Wildman–Crippen MR) is 240 cm³/mol. The third-order valence-electron chi connectivity index (χ3n) is 11.3. The molecule has 16 heteroatoms. The van der Waals surface area contributed by atoms with Crippen molar-refractivity contribution in [1.29, 1.82) is 0 Å². The second-order valence-corrected chi connectivity index (χ2v) is 17.3. The van der Waals surface area contributed by atoms with E-state index in [0.29, 0.717) is 23.5 Å². The Morgan fingerprint density at radius 2 is 1.49 bits per heavy atom. The van der Waals surface area contributed by atoms with Crippen LogP contribution in [0, 0.1) is 6.57 Å². The first-order chi connectivity index (χ1) is 30.6. The average molecular weight is 878 g/mol. The van der Waals surface area contributed by atoms with Gasteiger partial charge in [0.1, 0.15) is 54.4 Å². The third kappa shape index (κ3) is 10.1. The number of ether oxygens (including phenoxy) is 4. The number of hydrogen-bond donors (Lipinski definition) is 3. The molecule has 0 spiro atoms. The van der Waals surface area contributed by atoms with Crippen molar-refractivity contribution in [3.05, 3.63) is 143 Å². The zero-order valence-electron chi connectivity index (χ0n) is 36.4. The van der Waals surface area contributed by atoms with Gasteiger partial charge in [-0.05, 0) is 80.8 Å². The van der Waals surface area contributed by atoms with Gasteiger partial charge in [0, 0.05) is 24.1 Å². The second-order valence-electron chi connectivity index (χ2n) is 15.9. The number of hydrogen-bond acceptors (Lipinski definition) is 11. The number of urea groups is 1. The molecule has 7 atom stereocenters. The first-order valence-electron chi connectivity index (χ1n) is 21.1. The molecule has 0 aromatic heterocycles. The van der Waals surface area contributed by atoms with Crippen LogP contribution in [-0.4, -0.2) is 111 Å². The van der Waals surface area contributed by atoms with Gasteiger partial charge in [-0.3, -0.25) is 9.79 Å². The van der Waals surface area contributed by atoms with Crippen molar-refractivity contribution >= 4 is 26.8 Å². The van der Waals surface area contributed by atoms with Gasteiger partial charge in [-0.1, -0.05) is 72.8 Å². The topological polar surface area (TPSA) is 149 Å². The van der Waals surface area contributed by atoms with E-state index in [-0.39, 0.29) is 37.7 Å². The molecule has 2 fully saturated rings. The minimum atomic E-state index is -1.68. The zero-order valence-corrected chi connectivity index (χ0v) is 37.3. The number of benzene rings is 4. The van der Waals surface area contributed by atoms with Crippen LogP contribution in [0.1, 0.15) is 61.2 Å². The molecule has 0 aliphatic carbocycles. The predicted octanol–water partition coefficient (Wildman–Crippen LogP) is 6.90. The minimum Gasteiger partial charge on any atom is -0.497 e. The summed E-state index contributed by atoms with van der Waals surface area (Å²) < 4.78 is 41.2. The third-order valence-corrected chi connectivity index (χ3v) is 13.4. The molecule has 4 aromatic rings. The van der Waals surface area contributed by atoms with E-state index in [4.69, 9.17) is 39.6 Å². The van der Waals surface area contributed by atoms with Crippen LogP contribution in [0.4, 0.5) is 4.79 Å². The number of nitrogens with zero attached hydrogens (tertiary/aromatic N) is 4. The molecule has 332 valence electrons. The van der Waals surface area contributed by atoms with Crippen LogP contribution in [0.2, 0.25) is 0 Å². The molecular weight excluding hydrogens is 822 g/mol. The van der Waals surface area contributed by atoms with Crippen molar-refractivity contribution < 1.29 is 37.6 Å². The molecule has 3 amide bonds. The van der Waals surface area contributed by atoms with Crippen molar-refractivity contribution in [3.8, 4) is 11.5 Å². The number of carbonyl (C=O) groups excluding carboxylic acids is 2. The van der Waals surface area contributed by atoms with Gasteiger partial charge >= 0.3 is 6.03 Å². The van der Waals surface area contributed by atoms with E-state index in [2.05, 4.69) is 53.2 Å². The number of rotatable bonds is 19. The summed E-state index contributed by atoms with van der Waals surface area (Å²) in [5, 5.41) is 8.80. The van der Waals surface area contributed by atoms with Crippen molar-refractivity contribution in [2.75, 3.05) is 34.0 Å². The summed E-state index contributed by atoms with van der Waals surface area (Å²) in [6.45, 7) is 16.3. The Balaban J connectivity index is 1.24. The second kappa shape index (κ2) is 20.7. The van der Waals surface area contributed by atoms with Crippen molar-refractivity contribution in [2.24, 2.45) is 4.99 Å². The summed E-state index contributed by atoms with van der Waals surface area (Å²) >= 11 is 0. The number of methoxy groups -OCH3 is 2. The van der Waals surface area contributed by atoms with E-state index in [0.717, 1.165) is 16.7 Å². The van der Waals surface area contributed by atoms with Gasteiger partial charge in [-0.25, -0.2) is 16.0 Å². The monoisotopic (exact) mass is 877 g/mol. The fraction of sp³-hybridized carbons (Fsp3) is 0.404. The molecule has 3 heterocycles. The smallest absolute Gasteiger partial charge is 0.318 e. The molecule has 63 heavy (non-hydrogen) atoms. The molecule has 0 saturated carbocycles. The summed E-state index contributed by atoms with van der Waals surface area (Å²) in [6, 6.07) is 33.6. The summed E-state index contributed by atoms with van der Waals surface area (Å²) in [5.41, 5.74) is 1.93. The summed E-state index contributed by atoms with van der Waals surface area (Å²) in [7, 11) is 1.59. The van der Waals surface area contributed by atoms with E-state index >= 15 is 0 Å². The van der Waals surface area contributed by atoms with E-state index in [1.54, 1.807) is 44.8 Å².